The van der Waals surface area contributed by atoms with E-state index in [0.29, 0.717) is 22.1 Å². The molecule has 0 fully saturated rings. The van der Waals surface area contributed by atoms with Crippen LogP contribution in [-0.2, 0) is 0 Å². The molecule has 0 N–H and O–H groups in total. The first-order valence-corrected chi connectivity index (χ1v) is 5.81. The SMILES string of the molecule is O=c1c2cc(I)ccc2oc2ncccc12. The van der Waals surface area contributed by atoms with E-state index in [-0.39, 0.29) is 5.43 Å². The van der Waals surface area contributed by atoms with Gasteiger partial charge in [-0.05, 0) is 52.9 Å². The lowest BCUT2D eigenvalue weighted by molar-refractivity contribution is 0.645. The van der Waals surface area contributed by atoms with Gasteiger partial charge in [-0.15, -0.1) is 0 Å². The fourth-order valence-corrected chi connectivity index (χ4v) is 2.15. The summed E-state index contributed by atoms with van der Waals surface area (Å²) in [5.74, 6) is 0. The maximum Gasteiger partial charge on any atom is 0.230 e. The molecule has 3 aromatic rings. The van der Waals surface area contributed by atoms with Gasteiger partial charge in [0.25, 0.3) is 0 Å². The van der Waals surface area contributed by atoms with E-state index in [0.717, 1.165) is 3.57 Å². The third-order valence-electron chi connectivity index (χ3n) is 2.41. The Balaban J connectivity index is 2.61. The molecule has 0 radical (unpaired) electrons. The number of fused-ring (bicyclic) bond motifs is 2. The van der Waals surface area contributed by atoms with Crippen LogP contribution in [-0.4, -0.2) is 4.98 Å². The van der Waals surface area contributed by atoms with Gasteiger partial charge in [0.15, 0.2) is 0 Å². The average molecular weight is 323 g/mol. The molecule has 2 aromatic heterocycles. The Labute approximate surface area is 104 Å². The van der Waals surface area contributed by atoms with E-state index in [1.807, 2.05) is 12.1 Å². The second kappa shape index (κ2) is 3.55. The normalized spacial score (nSPS) is 11.1. The van der Waals surface area contributed by atoms with Crippen LogP contribution in [0.2, 0.25) is 0 Å². The minimum Gasteiger partial charge on any atom is -0.437 e. The van der Waals surface area contributed by atoms with E-state index >= 15 is 0 Å². The zero-order valence-corrected chi connectivity index (χ0v) is 10.3. The molecule has 0 saturated carbocycles. The molecule has 0 aliphatic carbocycles. The highest BCUT2D eigenvalue weighted by atomic mass is 127. The number of nitrogens with zero attached hydrogens (tertiary/aromatic N) is 1. The third kappa shape index (κ3) is 1.41. The van der Waals surface area contributed by atoms with Crippen molar-refractivity contribution < 1.29 is 4.42 Å². The lowest BCUT2D eigenvalue weighted by atomic mass is 10.2. The third-order valence-corrected chi connectivity index (χ3v) is 3.08. The Hall–Kier alpha value is -1.43. The maximum atomic E-state index is 12.1. The predicted octanol–water partition coefficient (Wildman–Crippen LogP) is 2.95. The van der Waals surface area contributed by atoms with Crippen LogP contribution in [0.3, 0.4) is 0 Å². The summed E-state index contributed by atoms with van der Waals surface area (Å²) in [5.41, 5.74) is 0.945. The summed E-state index contributed by atoms with van der Waals surface area (Å²) >= 11 is 2.17. The van der Waals surface area contributed by atoms with Gasteiger partial charge in [0, 0.05) is 9.77 Å². The Morgan fingerprint density at radius 2 is 2.06 bits per heavy atom. The number of aromatic nitrogens is 1. The molecule has 0 aliphatic rings. The van der Waals surface area contributed by atoms with Gasteiger partial charge in [-0.3, -0.25) is 4.79 Å². The molecule has 3 rings (SSSR count). The van der Waals surface area contributed by atoms with Gasteiger partial charge < -0.3 is 4.42 Å². The maximum absolute atomic E-state index is 12.1. The quantitative estimate of drug-likeness (QED) is 0.472. The Kier molecular flexibility index (Phi) is 2.17. The standard InChI is InChI=1S/C12H6INO2/c13-7-3-4-10-9(6-7)11(15)8-2-1-5-14-12(8)16-10/h1-6H. The first kappa shape index (κ1) is 9.77. The molecule has 1 aromatic carbocycles. The number of halogens is 1. The minimum absolute atomic E-state index is 0.0251. The molecule has 0 bridgehead atoms. The zero-order valence-electron chi connectivity index (χ0n) is 8.11. The van der Waals surface area contributed by atoms with E-state index in [4.69, 9.17) is 4.42 Å². The highest BCUT2D eigenvalue weighted by Crippen LogP contribution is 2.18. The van der Waals surface area contributed by atoms with Crippen molar-refractivity contribution in [2.45, 2.75) is 0 Å². The molecule has 0 saturated heterocycles. The molecule has 2 heterocycles. The highest BCUT2D eigenvalue weighted by Gasteiger charge is 2.07. The second-order valence-electron chi connectivity index (χ2n) is 3.43. The van der Waals surface area contributed by atoms with Crippen molar-refractivity contribution in [2.75, 3.05) is 0 Å². The summed E-state index contributed by atoms with van der Waals surface area (Å²) in [6, 6.07) is 8.99. The first-order chi connectivity index (χ1) is 7.75. The molecule has 0 amide bonds. The van der Waals surface area contributed by atoms with E-state index in [1.54, 1.807) is 24.4 Å². The molecular weight excluding hydrogens is 317 g/mol. The van der Waals surface area contributed by atoms with Crippen LogP contribution in [0.15, 0.2) is 45.7 Å². The smallest absolute Gasteiger partial charge is 0.230 e. The Morgan fingerprint density at radius 1 is 1.19 bits per heavy atom. The zero-order chi connectivity index (χ0) is 11.1. The fraction of sp³-hybridized carbons (Fsp3) is 0. The van der Waals surface area contributed by atoms with Crippen molar-refractivity contribution in [3.63, 3.8) is 0 Å². The molecule has 3 nitrogen and oxygen atoms in total. The molecule has 16 heavy (non-hydrogen) atoms. The summed E-state index contributed by atoms with van der Waals surface area (Å²) in [5, 5.41) is 1.13. The largest absolute Gasteiger partial charge is 0.437 e. The van der Waals surface area contributed by atoms with Crippen molar-refractivity contribution in [3.8, 4) is 0 Å². The van der Waals surface area contributed by atoms with E-state index in [1.165, 1.54) is 0 Å². The predicted molar refractivity (Wildman–Crippen MR) is 70.5 cm³/mol. The van der Waals surface area contributed by atoms with Gasteiger partial charge in [-0.1, -0.05) is 0 Å². The van der Waals surface area contributed by atoms with Crippen molar-refractivity contribution in [2.24, 2.45) is 0 Å². The molecule has 4 heteroatoms. The number of benzene rings is 1. The number of rotatable bonds is 0. The van der Waals surface area contributed by atoms with Gasteiger partial charge in [-0.2, -0.15) is 0 Å². The summed E-state index contributed by atoms with van der Waals surface area (Å²) in [6.45, 7) is 0. The molecule has 0 unspecified atom stereocenters. The van der Waals surface area contributed by atoms with E-state index in [2.05, 4.69) is 27.6 Å². The number of pyridine rings is 1. The lowest BCUT2D eigenvalue weighted by Gasteiger charge is -2.00. The van der Waals surface area contributed by atoms with Crippen LogP contribution in [0, 0.1) is 3.57 Å². The van der Waals surface area contributed by atoms with Crippen LogP contribution >= 0.6 is 22.6 Å². The average Bonchev–Trinajstić information content (AvgIpc) is 2.31. The monoisotopic (exact) mass is 323 g/mol. The minimum atomic E-state index is -0.0251. The molecule has 0 spiro atoms. The summed E-state index contributed by atoms with van der Waals surface area (Å²) in [4.78, 5) is 16.2. The summed E-state index contributed by atoms with van der Waals surface area (Å²) in [6.07, 6.45) is 1.61. The van der Waals surface area contributed by atoms with Gasteiger partial charge in [0.1, 0.15) is 5.58 Å². The number of hydrogen-bond donors (Lipinski definition) is 0. The highest BCUT2D eigenvalue weighted by molar-refractivity contribution is 14.1. The first-order valence-electron chi connectivity index (χ1n) is 4.73. The summed E-state index contributed by atoms with van der Waals surface area (Å²) in [7, 11) is 0. The van der Waals surface area contributed by atoms with Crippen LogP contribution in [0.4, 0.5) is 0 Å². The van der Waals surface area contributed by atoms with Crippen LogP contribution in [0.1, 0.15) is 0 Å². The molecular formula is C12H6INO2. The van der Waals surface area contributed by atoms with Crippen LogP contribution in [0.25, 0.3) is 22.1 Å². The van der Waals surface area contributed by atoms with Gasteiger partial charge >= 0.3 is 0 Å². The van der Waals surface area contributed by atoms with Crippen molar-refractivity contribution in [1.29, 1.82) is 0 Å². The van der Waals surface area contributed by atoms with Crippen LogP contribution in [0.5, 0.6) is 0 Å². The van der Waals surface area contributed by atoms with Gasteiger partial charge in [0.05, 0.1) is 10.8 Å². The molecule has 0 aliphatic heterocycles. The van der Waals surface area contributed by atoms with Crippen LogP contribution < -0.4 is 5.43 Å². The van der Waals surface area contributed by atoms with Crippen molar-refractivity contribution in [3.05, 3.63) is 50.3 Å². The molecule has 78 valence electrons. The number of hydrogen-bond acceptors (Lipinski definition) is 3. The topological polar surface area (TPSA) is 43.1 Å². The Bertz CT molecular complexity index is 749. The van der Waals surface area contributed by atoms with Crippen molar-refractivity contribution in [1.82, 2.24) is 4.98 Å². The second-order valence-corrected chi connectivity index (χ2v) is 4.67. The van der Waals surface area contributed by atoms with E-state index < -0.39 is 0 Å². The summed E-state index contributed by atoms with van der Waals surface area (Å²) < 4.78 is 6.58. The fourth-order valence-electron chi connectivity index (χ4n) is 1.66. The molecule has 0 atom stereocenters. The van der Waals surface area contributed by atoms with Crippen molar-refractivity contribution >= 4 is 44.7 Å². The Morgan fingerprint density at radius 3 is 2.94 bits per heavy atom. The lowest BCUT2D eigenvalue weighted by Crippen LogP contribution is -2.02. The van der Waals surface area contributed by atoms with Gasteiger partial charge in [-0.25, -0.2) is 4.98 Å². The van der Waals surface area contributed by atoms with Gasteiger partial charge in [0.2, 0.25) is 11.1 Å². The van der Waals surface area contributed by atoms with E-state index in [9.17, 15) is 4.79 Å².